The van der Waals surface area contributed by atoms with E-state index in [1.54, 1.807) is 24.3 Å². The average molecular weight is 308 g/mol. The Bertz CT molecular complexity index is 705. The SMILES string of the molecule is CC(C)n1ncnc1CC(N)c1ccc(S(C)(=O)=O)cc1. The van der Waals surface area contributed by atoms with Crippen molar-refractivity contribution in [3.05, 3.63) is 42.0 Å². The van der Waals surface area contributed by atoms with Gasteiger partial charge >= 0.3 is 0 Å². The van der Waals surface area contributed by atoms with Crippen molar-refractivity contribution in [1.29, 1.82) is 0 Å². The summed E-state index contributed by atoms with van der Waals surface area (Å²) in [6.45, 7) is 4.06. The third-order valence-corrected chi connectivity index (χ3v) is 4.40. The molecule has 0 aliphatic heterocycles. The van der Waals surface area contributed by atoms with Gasteiger partial charge in [0.05, 0.1) is 4.90 Å². The molecule has 0 aliphatic rings. The number of nitrogens with two attached hydrogens (primary N) is 1. The highest BCUT2D eigenvalue weighted by atomic mass is 32.2. The third-order valence-electron chi connectivity index (χ3n) is 3.28. The molecule has 2 N–H and O–H groups in total. The van der Waals surface area contributed by atoms with Gasteiger partial charge in [0.1, 0.15) is 12.2 Å². The van der Waals surface area contributed by atoms with Crippen molar-refractivity contribution in [3.63, 3.8) is 0 Å². The molecule has 1 heterocycles. The Labute approximate surface area is 124 Å². The van der Waals surface area contributed by atoms with Crippen LogP contribution in [0.1, 0.15) is 37.3 Å². The first-order valence-corrected chi connectivity index (χ1v) is 8.62. The van der Waals surface area contributed by atoms with Crippen molar-refractivity contribution < 1.29 is 8.42 Å². The highest BCUT2D eigenvalue weighted by molar-refractivity contribution is 7.90. The lowest BCUT2D eigenvalue weighted by molar-refractivity contribution is 0.493. The molecule has 2 rings (SSSR count). The summed E-state index contributed by atoms with van der Waals surface area (Å²) in [5.41, 5.74) is 7.06. The minimum atomic E-state index is -3.18. The molecule has 0 saturated carbocycles. The fourth-order valence-corrected chi connectivity index (χ4v) is 2.76. The van der Waals surface area contributed by atoms with Crippen molar-refractivity contribution in [2.75, 3.05) is 6.26 Å². The van der Waals surface area contributed by atoms with Gasteiger partial charge in [-0.05, 0) is 31.5 Å². The van der Waals surface area contributed by atoms with E-state index in [0.29, 0.717) is 11.3 Å². The van der Waals surface area contributed by atoms with E-state index < -0.39 is 9.84 Å². The molecule has 6 nitrogen and oxygen atoms in total. The Kier molecular flexibility index (Phi) is 4.43. The fourth-order valence-electron chi connectivity index (χ4n) is 2.13. The van der Waals surface area contributed by atoms with Gasteiger partial charge in [-0.15, -0.1) is 0 Å². The first-order valence-electron chi connectivity index (χ1n) is 6.73. The number of hydrogen-bond donors (Lipinski definition) is 1. The van der Waals surface area contributed by atoms with Crippen LogP contribution in [0.5, 0.6) is 0 Å². The Balaban J connectivity index is 2.17. The summed E-state index contributed by atoms with van der Waals surface area (Å²) in [5.74, 6) is 0.824. The normalized spacial score (nSPS) is 13.6. The standard InChI is InChI=1S/C14H20N4O2S/c1-10(2)18-14(16-9-17-18)8-13(15)11-4-6-12(7-5-11)21(3,19)20/h4-7,9-10,13H,8,15H2,1-3H3. The molecule has 114 valence electrons. The zero-order valence-corrected chi connectivity index (χ0v) is 13.2. The van der Waals surface area contributed by atoms with E-state index in [-0.39, 0.29) is 12.1 Å². The fraction of sp³-hybridized carbons (Fsp3) is 0.429. The van der Waals surface area contributed by atoms with E-state index >= 15 is 0 Å². The van der Waals surface area contributed by atoms with Gasteiger partial charge in [-0.2, -0.15) is 5.10 Å². The van der Waals surface area contributed by atoms with Gasteiger partial charge in [0.2, 0.25) is 0 Å². The lowest BCUT2D eigenvalue weighted by atomic mass is 10.0. The van der Waals surface area contributed by atoms with Crippen LogP contribution in [0.25, 0.3) is 0 Å². The van der Waals surface area contributed by atoms with Crippen molar-refractivity contribution in [2.45, 2.75) is 37.2 Å². The molecule has 0 aliphatic carbocycles. The van der Waals surface area contributed by atoms with Crippen molar-refractivity contribution in [3.8, 4) is 0 Å². The van der Waals surface area contributed by atoms with Crippen LogP contribution in [0.4, 0.5) is 0 Å². The van der Waals surface area contributed by atoms with Crippen LogP contribution in [0.15, 0.2) is 35.5 Å². The zero-order chi connectivity index (χ0) is 15.6. The molecule has 2 aromatic rings. The van der Waals surface area contributed by atoms with Crippen molar-refractivity contribution in [1.82, 2.24) is 14.8 Å². The van der Waals surface area contributed by atoms with E-state index in [4.69, 9.17) is 5.73 Å². The van der Waals surface area contributed by atoms with Crippen molar-refractivity contribution in [2.24, 2.45) is 5.73 Å². The van der Waals surface area contributed by atoms with Gasteiger partial charge in [0, 0.05) is 24.8 Å². The predicted molar refractivity (Wildman–Crippen MR) is 80.6 cm³/mol. The molecule has 0 fully saturated rings. The molecule has 1 unspecified atom stereocenters. The van der Waals surface area contributed by atoms with Crippen LogP contribution < -0.4 is 5.73 Å². The summed E-state index contributed by atoms with van der Waals surface area (Å²) >= 11 is 0. The Hall–Kier alpha value is -1.73. The van der Waals surface area contributed by atoms with E-state index in [1.807, 2.05) is 18.5 Å². The summed E-state index contributed by atoms with van der Waals surface area (Å²) < 4.78 is 24.7. The van der Waals surface area contributed by atoms with Gasteiger partial charge in [-0.3, -0.25) is 0 Å². The minimum Gasteiger partial charge on any atom is -0.324 e. The number of benzene rings is 1. The first kappa shape index (κ1) is 15.7. The summed E-state index contributed by atoms with van der Waals surface area (Å²) in [7, 11) is -3.18. The molecule has 7 heteroatoms. The lowest BCUT2D eigenvalue weighted by Gasteiger charge is -2.14. The van der Waals surface area contributed by atoms with Crippen LogP contribution in [-0.4, -0.2) is 29.4 Å². The molecule has 21 heavy (non-hydrogen) atoms. The first-order chi connectivity index (χ1) is 9.79. The summed E-state index contributed by atoms with van der Waals surface area (Å²) in [6.07, 6.45) is 3.26. The zero-order valence-electron chi connectivity index (χ0n) is 12.4. The van der Waals surface area contributed by atoms with Crippen LogP contribution in [0.3, 0.4) is 0 Å². The maximum atomic E-state index is 11.4. The molecule has 0 bridgehead atoms. The number of aromatic nitrogens is 3. The second-order valence-corrected chi connectivity index (χ2v) is 7.38. The van der Waals surface area contributed by atoms with Crippen LogP contribution >= 0.6 is 0 Å². The monoisotopic (exact) mass is 308 g/mol. The number of rotatable bonds is 5. The molecular weight excluding hydrogens is 288 g/mol. The largest absolute Gasteiger partial charge is 0.324 e. The Morgan fingerprint density at radius 2 is 1.86 bits per heavy atom. The molecule has 1 aromatic carbocycles. The quantitative estimate of drug-likeness (QED) is 0.904. The Morgan fingerprint density at radius 1 is 1.24 bits per heavy atom. The maximum Gasteiger partial charge on any atom is 0.175 e. The van der Waals surface area contributed by atoms with E-state index in [9.17, 15) is 8.42 Å². The predicted octanol–water partition coefficient (Wildman–Crippen LogP) is 1.50. The highest BCUT2D eigenvalue weighted by Gasteiger charge is 2.14. The smallest absolute Gasteiger partial charge is 0.175 e. The van der Waals surface area contributed by atoms with E-state index in [1.165, 1.54) is 12.6 Å². The van der Waals surface area contributed by atoms with Gasteiger partial charge in [0.15, 0.2) is 9.84 Å². The van der Waals surface area contributed by atoms with Gasteiger partial charge < -0.3 is 5.73 Å². The highest BCUT2D eigenvalue weighted by Crippen LogP contribution is 2.18. The molecular formula is C14H20N4O2S. The van der Waals surface area contributed by atoms with Crippen LogP contribution in [-0.2, 0) is 16.3 Å². The second kappa shape index (κ2) is 5.95. The summed E-state index contributed by atoms with van der Waals surface area (Å²) in [6, 6.07) is 6.63. The van der Waals surface area contributed by atoms with E-state index in [0.717, 1.165) is 11.4 Å². The topological polar surface area (TPSA) is 90.9 Å². The number of sulfone groups is 1. The summed E-state index contributed by atoms with van der Waals surface area (Å²) in [5, 5.41) is 4.18. The van der Waals surface area contributed by atoms with Crippen molar-refractivity contribution >= 4 is 9.84 Å². The number of hydrogen-bond acceptors (Lipinski definition) is 5. The molecule has 0 radical (unpaired) electrons. The number of nitrogens with zero attached hydrogens (tertiary/aromatic N) is 3. The van der Waals surface area contributed by atoms with Crippen LogP contribution in [0, 0.1) is 0 Å². The Morgan fingerprint density at radius 3 is 2.38 bits per heavy atom. The average Bonchev–Trinajstić information content (AvgIpc) is 2.86. The van der Waals surface area contributed by atoms with Gasteiger partial charge in [0.25, 0.3) is 0 Å². The molecule has 0 saturated heterocycles. The van der Waals surface area contributed by atoms with E-state index in [2.05, 4.69) is 10.1 Å². The van der Waals surface area contributed by atoms with Gasteiger partial charge in [-0.1, -0.05) is 12.1 Å². The second-order valence-electron chi connectivity index (χ2n) is 5.37. The minimum absolute atomic E-state index is 0.224. The lowest BCUT2D eigenvalue weighted by Crippen LogP contribution is -2.18. The molecule has 1 atom stereocenters. The maximum absolute atomic E-state index is 11.4. The molecule has 1 aromatic heterocycles. The summed E-state index contributed by atoms with van der Waals surface area (Å²) in [4.78, 5) is 4.53. The molecule has 0 spiro atoms. The van der Waals surface area contributed by atoms with Crippen LogP contribution in [0.2, 0.25) is 0 Å². The third kappa shape index (κ3) is 3.68. The molecule has 0 amide bonds. The van der Waals surface area contributed by atoms with Gasteiger partial charge in [-0.25, -0.2) is 18.1 Å².